The number of amides is 1. The van der Waals surface area contributed by atoms with Crippen LogP contribution in [0.3, 0.4) is 0 Å². The van der Waals surface area contributed by atoms with Crippen molar-refractivity contribution in [2.24, 2.45) is 0 Å². The van der Waals surface area contributed by atoms with Crippen LogP contribution < -0.4 is 5.32 Å². The Balaban J connectivity index is 2.26. The zero-order chi connectivity index (χ0) is 19.4. The summed E-state index contributed by atoms with van der Waals surface area (Å²) in [6.45, 7) is 10.8. The molecular weight excluding hydrogens is 328 g/mol. The van der Waals surface area contributed by atoms with E-state index in [0.29, 0.717) is 0 Å². The minimum absolute atomic E-state index is 0.0376. The molecule has 5 heteroatoms. The first-order chi connectivity index (χ1) is 12.3. The van der Waals surface area contributed by atoms with E-state index in [2.05, 4.69) is 57.1 Å². The Labute approximate surface area is 158 Å². The van der Waals surface area contributed by atoms with Gasteiger partial charge < -0.3 is 10.1 Å². The highest BCUT2D eigenvalue weighted by Crippen LogP contribution is 2.45. The first-order valence-corrected chi connectivity index (χ1v) is 9.68. The van der Waals surface area contributed by atoms with Crippen LogP contribution in [-0.4, -0.2) is 35.4 Å². The van der Waals surface area contributed by atoms with Crippen LogP contribution in [0.2, 0.25) is 0 Å². The number of benzene rings is 1. The second-order valence-corrected chi connectivity index (χ2v) is 7.88. The molecule has 26 heavy (non-hydrogen) atoms. The summed E-state index contributed by atoms with van der Waals surface area (Å²) in [5.74, 6) is 0. The van der Waals surface area contributed by atoms with E-state index in [9.17, 15) is 4.79 Å². The fraction of sp³-hybridized carbons (Fsp3) is 0.667. The molecule has 0 aliphatic carbocycles. The van der Waals surface area contributed by atoms with Crippen LogP contribution in [0, 0.1) is 0 Å². The minimum atomic E-state index is -0.362. The Morgan fingerprint density at radius 3 is 2.38 bits per heavy atom. The van der Waals surface area contributed by atoms with Crippen LogP contribution >= 0.6 is 0 Å². The van der Waals surface area contributed by atoms with Crippen LogP contribution in [0.15, 0.2) is 30.3 Å². The zero-order valence-electron chi connectivity index (χ0n) is 17.0. The molecular formula is C21H34N2O3. The molecule has 1 aliphatic rings. The number of hydroxylamine groups is 2. The second-order valence-electron chi connectivity index (χ2n) is 7.88. The number of nitrogens with one attached hydrogen (secondary N) is 1. The van der Waals surface area contributed by atoms with Gasteiger partial charge in [-0.1, -0.05) is 44.2 Å². The van der Waals surface area contributed by atoms with Crippen LogP contribution in [-0.2, 0) is 9.57 Å². The molecule has 1 aromatic carbocycles. The lowest BCUT2D eigenvalue weighted by Crippen LogP contribution is -2.64. The summed E-state index contributed by atoms with van der Waals surface area (Å²) in [7, 11) is 1.60. The number of carbonyl (C=O) groups excluding carboxylic acids is 1. The van der Waals surface area contributed by atoms with Crippen LogP contribution in [0.1, 0.15) is 72.0 Å². The van der Waals surface area contributed by atoms with Crippen molar-refractivity contribution in [3.8, 4) is 0 Å². The fourth-order valence-electron chi connectivity index (χ4n) is 4.18. The lowest BCUT2D eigenvalue weighted by Gasteiger charge is -2.56. The molecule has 1 heterocycles. The first kappa shape index (κ1) is 20.7. The molecule has 146 valence electrons. The summed E-state index contributed by atoms with van der Waals surface area (Å²) in [5, 5.41) is 4.76. The van der Waals surface area contributed by atoms with Gasteiger partial charge in [0.05, 0.1) is 0 Å². The smallest absolute Gasteiger partial charge is 0.407 e. The lowest BCUT2D eigenvalue weighted by atomic mass is 9.75. The van der Waals surface area contributed by atoms with Crippen LogP contribution in [0.4, 0.5) is 4.79 Å². The van der Waals surface area contributed by atoms with Crippen molar-refractivity contribution in [3.63, 3.8) is 0 Å². The molecule has 0 radical (unpaired) electrons. The molecule has 1 N–H and O–H groups in total. The van der Waals surface area contributed by atoms with Crippen molar-refractivity contribution in [1.29, 1.82) is 0 Å². The summed E-state index contributed by atoms with van der Waals surface area (Å²) in [4.78, 5) is 18.3. The number of ether oxygens (including phenoxy) is 1. The Hall–Kier alpha value is -1.59. The van der Waals surface area contributed by atoms with Gasteiger partial charge in [-0.15, -0.1) is 0 Å². The Kier molecular flexibility index (Phi) is 6.69. The van der Waals surface area contributed by atoms with Gasteiger partial charge in [-0.05, 0) is 39.2 Å². The average molecular weight is 363 g/mol. The first-order valence-electron chi connectivity index (χ1n) is 9.68. The number of hydrogen-bond acceptors (Lipinski definition) is 4. The maximum absolute atomic E-state index is 11.7. The maximum Gasteiger partial charge on any atom is 0.407 e. The number of carbonyl (C=O) groups is 1. The number of piperidine rings is 1. The molecule has 5 nitrogen and oxygen atoms in total. The molecule has 1 aromatic rings. The van der Waals surface area contributed by atoms with E-state index < -0.39 is 0 Å². The maximum atomic E-state index is 11.7. The largest absolute Gasteiger partial charge is 0.446 e. The van der Waals surface area contributed by atoms with E-state index in [-0.39, 0.29) is 29.4 Å². The highest BCUT2D eigenvalue weighted by molar-refractivity contribution is 5.66. The normalized spacial score (nSPS) is 23.2. The van der Waals surface area contributed by atoms with Crippen molar-refractivity contribution in [1.82, 2.24) is 10.4 Å². The third-order valence-corrected chi connectivity index (χ3v) is 5.64. The van der Waals surface area contributed by atoms with Crippen LogP contribution in [0.5, 0.6) is 0 Å². The minimum Gasteiger partial charge on any atom is -0.446 e. The molecule has 0 spiro atoms. The van der Waals surface area contributed by atoms with Gasteiger partial charge in [0.1, 0.15) is 12.2 Å². The predicted molar refractivity (Wildman–Crippen MR) is 104 cm³/mol. The summed E-state index contributed by atoms with van der Waals surface area (Å²) in [6.07, 6.45) is 2.87. The number of nitrogens with zero attached hydrogens (tertiary/aromatic N) is 1. The van der Waals surface area contributed by atoms with E-state index >= 15 is 0 Å². The highest BCUT2D eigenvalue weighted by Gasteiger charge is 2.51. The van der Waals surface area contributed by atoms with Crippen LogP contribution in [0.25, 0.3) is 0 Å². The second kappa shape index (κ2) is 8.40. The van der Waals surface area contributed by atoms with Crippen molar-refractivity contribution in [2.45, 2.75) is 83.6 Å². The van der Waals surface area contributed by atoms with Gasteiger partial charge in [0.2, 0.25) is 0 Å². The third kappa shape index (κ3) is 4.38. The van der Waals surface area contributed by atoms with E-state index in [1.165, 1.54) is 0 Å². The quantitative estimate of drug-likeness (QED) is 0.787. The lowest BCUT2D eigenvalue weighted by molar-refractivity contribution is -0.322. The van der Waals surface area contributed by atoms with E-state index in [1.807, 2.05) is 18.2 Å². The fourth-order valence-corrected chi connectivity index (χ4v) is 4.18. The molecule has 2 unspecified atom stereocenters. The Morgan fingerprint density at radius 1 is 1.23 bits per heavy atom. The molecule has 1 fully saturated rings. The Morgan fingerprint density at radius 2 is 1.85 bits per heavy atom. The van der Waals surface area contributed by atoms with Gasteiger partial charge in [0, 0.05) is 31.0 Å². The third-order valence-electron chi connectivity index (χ3n) is 5.64. The van der Waals surface area contributed by atoms with Crippen molar-refractivity contribution >= 4 is 6.09 Å². The van der Waals surface area contributed by atoms with Gasteiger partial charge in [0.15, 0.2) is 0 Å². The number of hydrogen-bond donors (Lipinski definition) is 1. The summed E-state index contributed by atoms with van der Waals surface area (Å²) in [5.41, 5.74) is 0.753. The standard InChI is InChI=1S/C21H34N2O3/c1-7-21(8-2)15-18(25-19(24)22-6)14-20(4,5)23(21)26-16(3)17-12-10-9-11-13-17/h9-13,16,18H,7-8,14-15H2,1-6H3,(H,22,24). The van der Waals surface area contributed by atoms with E-state index in [1.54, 1.807) is 7.05 Å². The van der Waals surface area contributed by atoms with Gasteiger partial charge in [-0.3, -0.25) is 4.84 Å². The Bertz CT molecular complexity index is 584. The van der Waals surface area contributed by atoms with Gasteiger partial charge in [-0.25, -0.2) is 4.79 Å². The molecule has 0 bridgehead atoms. The monoisotopic (exact) mass is 362 g/mol. The molecule has 1 saturated heterocycles. The summed E-state index contributed by atoms with van der Waals surface area (Å²) in [6, 6.07) is 10.3. The SMILES string of the molecule is CCC1(CC)CC(OC(=O)NC)CC(C)(C)N1OC(C)c1ccccc1. The summed E-state index contributed by atoms with van der Waals surface area (Å²) >= 11 is 0. The molecule has 2 atom stereocenters. The van der Waals surface area contributed by atoms with Gasteiger partial charge in [-0.2, -0.15) is 5.06 Å². The number of alkyl carbamates (subject to hydrolysis) is 1. The molecule has 0 aromatic heterocycles. The highest BCUT2D eigenvalue weighted by atomic mass is 16.7. The van der Waals surface area contributed by atoms with Gasteiger partial charge >= 0.3 is 6.09 Å². The topological polar surface area (TPSA) is 50.8 Å². The molecule has 1 aliphatic heterocycles. The van der Waals surface area contributed by atoms with Crippen molar-refractivity contribution < 1.29 is 14.4 Å². The van der Waals surface area contributed by atoms with E-state index in [0.717, 1.165) is 31.2 Å². The average Bonchev–Trinajstić information content (AvgIpc) is 2.63. The molecule has 2 rings (SSSR count). The predicted octanol–water partition coefficient (Wildman–Crippen LogP) is 4.84. The van der Waals surface area contributed by atoms with Crippen molar-refractivity contribution in [2.75, 3.05) is 7.05 Å². The number of rotatable bonds is 6. The van der Waals surface area contributed by atoms with Crippen molar-refractivity contribution in [3.05, 3.63) is 35.9 Å². The molecule has 1 amide bonds. The zero-order valence-corrected chi connectivity index (χ0v) is 17.0. The van der Waals surface area contributed by atoms with E-state index in [4.69, 9.17) is 9.57 Å². The molecule has 0 saturated carbocycles. The summed E-state index contributed by atoms with van der Waals surface area (Å²) < 4.78 is 5.64. The van der Waals surface area contributed by atoms with Gasteiger partial charge in [0.25, 0.3) is 0 Å².